The van der Waals surface area contributed by atoms with E-state index in [1.165, 1.54) is 18.7 Å². The van der Waals surface area contributed by atoms with Gasteiger partial charge < -0.3 is 15.2 Å². The van der Waals surface area contributed by atoms with Crippen LogP contribution in [0.15, 0.2) is 36.7 Å². The lowest BCUT2D eigenvalue weighted by atomic mass is 10.1. The number of nitrogens with zero attached hydrogens (tertiary/aromatic N) is 4. The lowest BCUT2D eigenvalue weighted by molar-refractivity contribution is -0.117. The molecule has 1 fully saturated rings. The van der Waals surface area contributed by atoms with Gasteiger partial charge in [-0.15, -0.1) is 0 Å². The van der Waals surface area contributed by atoms with Crippen LogP contribution in [-0.4, -0.2) is 32.5 Å². The van der Waals surface area contributed by atoms with E-state index in [4.69, 9.17) is 4.98 Å². The Bertz CT molecular complexity index is 1470. The molecule has 0 atom stereocenters. The largest absolute Gasteiger partial charge is 0.373 e. The molecule has 0 unspecified atom stereocenters. The highest BCUT2D eigenvalue weighted by molar-refractivity contribution is 5.99. The molecule has 0 saturated heterocycles. The maximum absolute atomic E-state index is 12.2. The van der Waals surface area contributed by atoms with Gasteiger partial charge in [-0.2, -0.15) is 0 Å². The molecule has 4 aromatic rings. The van der Waals surface area contributed by atoms with Crippen LogP contribution in [0.2, 0.25) is 0 Å². The normalized spacial score (nSPS) is 15.1. The summed E-state index contributed by atoms with van der Waals surface area (Å²) < 4.78 is 2.32. The first-order valence-corrected chi connectivity index (χ1v) is 11.5. The summed E-state index contributed by atoms with van der Waals surface area (Å²) in [6.07, 6.45) is 8.86. The maximum atomic E-state index is 12.2. The van der Waals surface area contributed by atoms with Gasteiger partial charge in [0, 0.05) is 54.7 Å². The van der Waals surface area contributed by atoms with Crippen molar-refractivity contribution >= 4 is 39.3 Å². The second kappa shape index (κ2) is 7.89. The minimum Gasteiger partial charge on any atom is -0.373 e. The molecule has 4 heterocycles. The number of anilines is 2. The van der Waals surface area contributed by atoms with Gasteiger partial charge in [-0.25, -0.2) is 15.0 Å². The lowest BCUT2D eigenvalue weighted by Crippen LogP contribution is -2.14. The zero-order valence-corrected chi connectivity index (χ0v) is 18.5. The average Bonchev–Trinajstić information content (AvgIpc) is 3.63. The van der Waals surface area contributed by atoms with E-state index in [1.807, 2.05) is 19.2 Å². The van der Waals surface area contributed by atoms with Crippen LogP contribution < -0.4 is 10.6 Å². The molecular weight excluding hydrogens is 412 g/mol. The first-order chi connectivity index (χ1) is 16.2. The van der Waals surface area contributed by atoms with Crippen LogP contribution in [0, 0.1) is 17.8 Å². The van der Waals surface area contributed by atoms with Gasteiger partial charge in [-0.1, -0.05) is 11.8 Å². The molecule has 1 aliphatic heterocycles. The Balaban J connectivity index is 1.39. The summed E-state index contributed by atoms with van der Waals surface area (Å²) in [7, 11) is 1.83. The second-order valence-electron chi connectivity index (χ2n) is 8.74. The number of carbonyl (C=O) groups is 1. The third-order valence-electron chi connectivity index (χ3n) is 6.41. The van der Waals surface area contributed by atoms with E-state index in [2.05, 4.69) is 49.1 Å². The summed E-state index contributed by atoms with van der Waals surface area (Å²) >= 11 is 0. The SMILES string of the molecule is CNc1ncc(C#Cc2ccc3nc4n(c3c2)CCCC4)c2cc(NC(=O)C3CC3)ncc12. The predicted octanol–water partition coefficient (Wildman–Crippen LogP) is 4.11. The number of benzene rings is 1. The molecule has 7 nitrogen and oxygen atoms in total. The second-order valence-corrected chi connectivity index (χ2v) is 8.74. The minimum atomic E-state index is 0.0369. The van der Waals surface area contributed by atoms with Crippen LogP contribution in [0.4, 0.5) is 11.6 Å². The van der Waals surface area contributed by atoms with Crippen molar-refractivity contribution in [3.05, 3.63) is 53.6 Å². The fourth-order valence-corrected chi connectivity index (χ4v) is 4.46. The molecule has 2 aliphatic rings. The monoisotopic (exact) mass is 436 g/mol. The Morgan fingerprint density at radius 1 is 1.09 bits per heavy atom. The van der Waals surface area contributed by atoms with E-state index < -0.39 is 0 Å². The highest BCUT2D eigenvalue weighted by Gasteiger charge is 2.29. The van der Waals surface area contributed by atoms with Crippen LogP contribution in [0.5, 0.6) is 0 Å². The van der Waals surface area contributed by atoms with Crippen molar-refractivity contribution in [2.45, 2.75) is 38.6 Å². The van der Waals surface area contributed by atoms with E-state index in [9.17, 15) is 4.79 Å². The number of hydrogen-bond acceptors (Lipinski definition) is 5. The van der Waals surface area contributed by atoms with E-state index >= 15 is 0 Å². The summed E-state index contributed by atoms with van der Waals surface area (Å²) in [5.41, 5.74) is 3.92. The van der Waals surface area contributed by atoms with Crippen molar-refractivity contribution in [2.24, 2.45) is 5.92 Å². The van der Waals surface area contributed by atoms with Crippen LogP contribution in [0.1, 0.15) is 42.6 Å². The Labute approximate surface area is 191 Å². The number of aromatic nitrogens is 4. The number of imidazole rings is 1. The number of nitrogens with one attached hydrogen (secondary N) is 2. The molecule has 0 bridgehead atoms. The Morgan fingerprint density at radius 3 is 2.85 bits per heavy atom. The molecule has 1 aromatic carbocycles. The molecule has 7 heteroatoms. The zero-order chi connectivity index (χ0) is 22.4. The van der Waals surface area contributed by atoms with Crippen molar-refractivity contribution < 1.29 is 4.79 Å². The number of rotatable bonds is 3. The highest BCUT2D eigenvalue weighted by atomic mass is 16.2. The van der Waals surface area contributed by atoms with Crippen LogP contribution in [-0.2, 0) is 17.8 Å². The number of aryl methyl sites for hydroxylation is 2. The van der Waals surface area contributed by atoms with Gasteiger partial charge in [0.05, 0.1) is 16.6 Å². The summed E-state index contributed by atoms with van der Waals surface area (Å²) in [5.74, 6) is 9.21. The molecule has 0 spiro atoms. The van der Waals surface area contributed by atoms with Crippen molar-refractivity contribution in [1.82, 2.24) is 19.5 Å². The average molecular weight is 437 g/mol. The predicted molar refractivity (Wildman–Crippen MR) is 129 cm³/mol. The maximum Gasteiger partial charge on any atom is 0.228 e. The van der Waals surface area contributed by atoms with Gasteiger partial charge in [0.15, 0.2) is 0 Å². The number of hydrogen-bond donors (Lipinski definition) is 2. The molecule has 1 aliphatic carbocycles. The number of carbonyl (C=O) groups excluding carboxylic acids is 1. The summed E-state index contributed by atoms with van der Waals surface area (Å²) in [4.78, 5) is 25.9. The fourth-order valence-electron chi connectivity index (χ4n) is 4.46. The molecular formula is C26H24N6O. The van der Waals surface area contributed by atoms with Gasteiger partial charge in [0.1, 0.15) is 17.5 Å². The molecule has 33 heavy (non-hydrogen) atoms. The van der Waals surface area contributed by atoms with Crippen LogP contribution in [0.3, 0.4) is 0 Å². The molecule has 0 radical (unpaired) electrons. The first-order valence-electron chi connectivity index (χ1n) is 11.5. The quantitative estimate of drug-likeness (QED) is 0.472. The first kappa shape index (κ1) is 19.7. The topological polar surface area (TPSA) is 84.7 Å². The van der Waals surface area contributed by atoms with Crippen LogP contribution in [0.25, 0.3) is 21.8 Å². The Kier molecular flexibility index (Phi) is 4.72. The van der Waals surface area contributed by atoms with Crippen molar-refractivity contribution in [3.63, 3.8) is 0 Å². The van der Waals surface area contributed by atoms with Crippen LogP contribution >= 0.6 is 0 Å². The van der Waals surface area contributed by atoms with Crippen molar-refractivity contribution in [3.8, 4) is 11.8 Å². The summed E-state index contributed by atoms with van der Waals surface area (Å²) in [6, 6.07) is 8.10. The lowest BCUT2D eigenvalue weighted by Gasteiger charge is -2.13. The zero-order valence-electron chi connectivity index (χ0n) is 18.5. The number of fused-ring (bicyclic) bond motifs is 4. The molecule has 1 saturated carbocycles. The van der Waals surface area contributed by atoms with Gasteiger partial charge >= 0.3 is 0 Å². The molecule has 1 amide bonds. The smallest absolute Gasteiger partial charge is 0.228 e. The standard InChI is InChI=1S/C26H24N6O/c1-27-25-20-15-28-23(31-26(33)17-8-9-17)13-19(20)18(14-29-25)7-5-16-6-10-21-22(12-16)32-11-3-2-4-24(32)30-21/h6,10,12-15,17H,2-4,8-9,11H2,1H3,(H,27,29)(H,28,31,33). The third kappa shape index (κ3) is 3.68. The third-order valence-corrected chi connectivity index (χ3v) is 6.41. The molecule has 2 N–H and O–H groups in total. The molecule has 3 aromatic heterocycles. The van der Waals surface area contributed by atoms with Crippen molar-refractivity contribution in [1.29, 1.82) is 0 Å². The molecule has 164 valence electrons. The number of pyridine rings is 2. The van der Waals surface area contributed by atoms with Crippen molar-refractivity contribution in [2.75, 3.05) is 17.7 Å². The van der Waals surface area contributed by atoms with Gasteiger partial charge in [0.2, 0.25) is 5.91 Å². The van der Waals surface area contributed by atoms with Gasteiger partial charge in [0.25, 0.3) is 0 Å². The van der Waals surface area contributed by atoms with E-state index in [0.717, 1.165) is 64.6 Å². The highest BCUT2D eigenvalue weighted by Crippen LogP contribution is 2.31. The summed E-state index contributed by atoms with van der Waals surface area (Å²) in [6.45, 7) is 1.02. The number of amides is 1. The van der Waals surface area contributed by atoms with Gasteiger partial charge in [-0.05, 0) is 49.9 Å². The Hall–Kier alpha value is -3.92. The Morgan fingerprint density at radius 2 is 2.00 bits per heavy atom. The van der Waals surface area contributed by atoms with E-state index in [-0.39, 0.29) is 11.8 Å². The van der Waals surface area contributed by atoms with Gasteiger partial charge in [-0.3, -0.25) is 4.79 Å². The fraction of sp³-hybridized carbons (Fsp3) is 0.308. The van der Waals surface area contributed by atoms with E-state index in [1.54, 1.807) is 12.4 Å². The minimum absolute atomic E-state index is 0.0369. The molecule has 6 rings (SSSR count). The summed E-state index contributed by atoms with van der Waals surface area (Å²) in [5, 5.41) is 7.82. The van der Waals surface area contributed by atoms with E-state index in [0.29, 0.717) is 5.82 Å².